The Morgan fingerprint density at radius 2 is 1.75 bits per heavy atom. The monoisotopic (exact) mass is 582 g/mol. The average molecular weight is 583 g/mol. The number of amides is 3. The van der Waals surface area contributed by atoms with Crippen LogP contribution >= 0.6 is 34.9 Å². The number of carbonyl (C=O) groups is 2. The van der Waals surface area contributed by atoms with E-state index in [4.69, 9.17) is 0 Å². The molecule has 40 heavy (non-hydrogen) atoms. The number of allylic oxidation sites excluding steroid dienone is 2. The average Bonchev–Trinajstić information content (AvgIpc) is 3.34. The first-order valence-electron chi connectivity index (χ1n) is 12.8. The smallest absolute Gasteiger partial charge is 0.307 e. The normalized spacial score (nSPS) is 17.2. The summed E-state index contributed by atoms with van der Waals surface area (Å²) in [6, 6.07) is 25.3. The van der Waals surface area contributed by atoms with Crippen LogP contribution in [0.15, 0.2) is 113 Å². The molecule has 0 radical (unpaired) electrons. The predicted molar refractivity (Wildman–Crippen MR) is 168 cm³/mol. The second-order valence-electron chi connectivity index (χ2n) is 9.27. The first kappa shape index (κ1) is 26.4. The zero-order valence-corrected chi connectivity index (χ0v) is 24.1. The Bertz CT molecular complexity index is 1620. The minimum absolute atomic E-state index is 0.0666. The summed E-state index contributed by atoms with van der Waals surface area (Å²) < 4.78 is 0. The molecule has 2 unspecified atom stereocenters. The van der Waals surface area contributed by atoms with Crippen LogP contribution in [0, 0.1) is 6.92 Å². The molecule has 6 rings (SSSR count). The summed E-state index contributed by atoms with van der Waals surface area (Å²) >= 11 is 4.66. The lowest BCUT2D eigenvalue weighted by molar-refractivity contribution is -0.113. The molecule has 6 nitrogen and oxygen atoms in total. The van der Waals surface area contributed by atoms with E-state index in [9.17, 15) is 9.59 Å². The van der Waals surface area contributed by atoms with Gasteiger partial charge in [-0.3, -0.25) is 9.69 Å². The number of anilines is 3. The van der Waals surface area contributed by atoms with Gasteiger partial charge >= 0.3 is 6.03 Å². The van der Waals surface area contributed by atoms with Crippen LogP contribution in [0.5, 0.6) is 0 Å². The van der Waals surface area contributed by atoms with Gasteiger partial charge in [-0.1, -0.05) is 72.8 Å². The van der Waals surface area contributed by atoms with Crippen molar-refractivity contribution in [3.05, 3.63) is 108 Å². The number of fused-ring (bicyclic) bond motifs is 2. The van der Waals surface area contributed by atoms with E-state index in [0.29, 0.717) is 10.8 Å². The number of aryl methyl sites for hydroxylation is 1. The second kappa shape index (κ2) is 11.8. The van der Waals surface area contributed by atoms with E-state index in [1.54, 1.807) is 11.8 Å². The Balaban J connectivity index is 1.10. The van der Waals surface area contributed by atoms with Crippen molar-refractivity contribution < 1.29 is 9.59 Å². The topological polar surface area (TPSA) is 74.3 Å². The minimum Gasteiger partial charge on any atom is -0.307 e. The lowest BCUT2D eigenvalue weighted by Gasteiger charge is -2.40. The molecule has 3 aromatic carbocycles. The number of nitrogens with zero attached hydrogens (tertiary/aromatic N) is 2. The summed E-state index contributed by atoms with van der Waals surface area (Å²) in [6.07, 6.45) is 8.24. The fraction of sp³-hybridized carbons (Fsp3) is 0.129. The molecule has 9 heteroatoms. The van der Waals surface area contributed by atoms with Gasteiger partial charge in [0.25, 0.3) is 0 Å². The van der Waals surface area contributed by atoms with E-state index in [2.05, 4.69) is 33.8 Å². The number of hydrogen-bond acceptors (Lipinski definition) is 6. The summed E-state index contributed by atoms with van der Waals surface area (Å²) in [5.74, 6) is 0.104. The maximum absolute atomic E-state index is 13.6. The number of thioether (sulfide) groups is 2. The lowest BCUT2D eigenvalue weighted by Crippen LogP contribution is -2.49. The highest BCUT2D eigenvalue weighted by molar-refractivity contribution is 8.00. The van der Waals surface area contributed by atoms with Crippen LogP contribution < -0.4 is 15.5 Å². The molecule has 3 amide bonds. The standard InChI is InChI=1S/C31H26N4O2S3/c1-20-29(21-10-3-2-4-11-21)34-30(39-20)33-28(36)19-38-23-13-9-12-22(18-23)32-31(37)35-24-14-5-7-16-26(24)40-27-17-8-6-15-25(27)35/h2-18,24,26H,19H2,1H3,(H,32,37)(H,33,34,36). The summed E-state index contributed by atoms with van der Waals surface area (Å²) in [5, 5.41) is 6.76. The molecule has 0 saturated heterocycles. The molecule has 4 aromatic rings. The van der Waals surface area contributed by atoms with E-state index in [1.165, 1.54) is 23.1 Å². The van der Waals surface area contributed by atoms with Crippen LogP contribution in [-0.4, -0.2) is 34.0 Å². The van der Waals surface area contributed by atoms with Crippen molar-refractivity contribution in [1.29, 1.82) is 0 Å². The Labute approximate surface area is 245 Å². The molecule has 1 aromatic heterocycles. The van der Waals surface area contributed by atoms with Gasteiger partial charge in [-0.25, -0.2) is 9.78 Å². The van der Waals surface area contributed by atoms with Crippen molar-refractivity contribution in [2.24, 2.45) is 0 Å². The van der Waals surface area contributed by atoms with E-state index in [0.717, 1.165) is 31.6 Å². The highest BCUT2D eigenvalue weighted by Gasteiger charge is 2.36. The molecule has 1 aliphatic heterocycles. The highest BCUT2D eigenvalue weighted by Crippen LogP contribution is 2.43. The van der Waals surface area contributed by atoms with E-state index >= 15 is 0 Å². The number of aromatic nitrogens is 1. The number of para-hydroxylation sites is 1. The van der Waals surface area contributed by atoms with Gasteiger partial charge < -0.3 is 10.6 Å². The fourth-order valence-electron chi connectivity index (χ4n) is 4.69. The van der Waals surface area contributed by atoms with Crippen LogP contribution in [0.3, 0.4) is 0 Å². The number of urea groups is 1. The second-order valence-corrected chi connectivity index (χ2v) is 12.7. The SMILES string of the molecule is Cc1sc(NC(=O)CSc2cccc(NC(=O)N3c4ccccc4SC4C=CC=CC43)c2)nc1-c1ccccc1. The van der Waals surface area contributed by atoms with Crippen LogP contribution in [0.1, 0.15) is 4.88 Å². The largest absolute Gasteiger partial charge is 0.326 e. The third-order valence-corrected chi connectivity index (χ3v) is 9.69. The van der Waals surface area contributed by atoms with Crippen molar-refractivity contribution in [3.8, 4) is 11.3 Å². The molecule has 2 aliphatic rings. The van der Waals surface area contributed by atoms with Crippen LogP contribution in [0.4, 0.5) is 21.3 Å². The van der Waals surface area contributed by atoms with Crippen LogP contribution in [-0.2, 0) is 4.79 Å². The maximum Gasteiger partial charge on any atom is 0.326 e. The minimum atomic E-state index is -0.184. The number of hydrogen-bond donors (Lipinski definition) is 2. The molecular weight excluding hydrogens is 557 g/mol. The molecule has 0 saturated carbocycles. The number of benzene rings is 3. The predicted octanol–water partition coefficient (Wildman–Crippen LogP) is 7.86. The third-order valence-electron chi connectivity index (χ3n) is 6.51. The van der Waals surface area contributed by atoms with Crippen molar-refractivity contribution in [3.63, 3.8) is 0 Å². The molecule has 0 fully saturated rings. The van der Waals surface area contributed by atoms with Gasteiger partial charge in [-0.15, -0.1) is 34.9 Å². The number of carbonyl (C=O) groups excluding carboxylic acids is 2. The summed E-state index contributed by atoms with van der Waals surface area (Å²) in [7, 11) is 0. The molecule has 2 atom stereocenters. The van der Waals surface area contributed by atoms with Crippen molar-refractivity contribution >= 4 is 63.3 Å². The number of rotatable bonds is 6. The summed E-state index contributed by atoms with van der Waals surface area (Å²) in [4.78, 5) is 35.8. The quantitative estimate of drug-likeness (QED) is 0.227. The Hall–Kier alpha value is -3.79. The third kappa shape index (κ3) is 5.72. The number of nitrogens with one attached hydrogen (secondary N) is 2. The van der Waals surface area contributed by atoms with E-state index in [1.807, 2.05) is 96.8 Å². The molecule has 2 heterocycles. The van der Waals surface area contributed by atoms with Crippen molar-refractivity contribution in [2.75, 3.05) is 21.3 Å². The zero-order valence-electron chi connectivity index (χ0n) is 21.6. The first-order chi connectivity index (χ1) is 19.5. The van der Waals surface area contributed by atoms with Crippen molar-refractivity contribution in [2.45, 2.75) is 28.0 Å². The Kier molecular flexibility index (Phi) is 7.77. The Morgan fingerprint density at radius 1 is 0.950 bits per heavy atom. The molecular formula is C31H26N4O2S3. The first-order valence-corrected chi connectivity index (χ1v) is 15.5. The molecule has 0 spiro atoms. The molecule has 0 bridgehead atoms. The van der Waals surface area contributed by atoms with Gasteiger partial charge in [-0.2, -0.15) is 0 Å². The van der Waals surface area contributed by atoms with E-state index < -0.39 is 0 Å². The van der Waals surface area contributed by atoms with E-state index in [-0.39, 0.29) is 29.0 Å². The van der Waals surface area contributed by atoms with Gasteiger partial charge in [0, 0.05) is 25.9 Å². The Morgan fingerprint density at radius 3 is 2.62 bits per heavy atom. The van der Waals surface area contributed by atoms with Crippen LogP contribution in [0.2, 0.25) is 0 Å². The van der Waals surface area contributed by atoms with Crippen molar-refractivity contribution in [1.82, 2.24) is 4.98 Å². The molecule has 200 valence electrons. The highest BCUT2D eigenvalue weighted by atomic mass is 32.2. The summed E-state index contributed by atoms with van der Waals surface area (Å²) in [5.41, 5.74) is 3.50. The molecule has 1 aliphatic carbocycles. The van der Waals surface area contributed by atoms with Gasteiger partial charge in [0.2, 0.25) is 5.91 Å². The lowest BCUT2D eigenvalue weighted by atomic mass is 10.1. The summed E-state index contributed by atoms with van der Waals surface area (Å²) in [6.45, 7) is 2.01. The number of thiazole rings is 1. The van der Waals surface area contributed by atoms with Gasteiger partial charge in [0.1, 0.15) is 0 Å². The van der Waals surface area contributed by atoms with Gasteiger partial charge in [0.05, 0.1) is 28.4 Å². The molecule has 2 N–H and O–H groups in total. The van der Waals surface area contributed by atoms with Gasteiger partial charge in [0.15, 0.2) is 5.13 Å². The van der Waals surface area contributed by atoms with Crippen LogP contribution in [0.25, 0.3) is 11.3 Å². The fourth-order valence-corrected chi connectivity index (χ4v) is 7.56. The van der Waals surface area contributed by atoms with Gasteiger partial charge in [-0.05, 0) is 37.3 Å². The zero-order chi connectivity index (χ0) is 27.5. The maximum atomic E-state index is 13.6.